The van der Waals surface area contributed by atoms with Crippen molar-refractivity contribution in [3.8, 4) is 0 Å². The van der Waals surface area contributed by atoms with E-state index in [9.17, 15) is 10.0 Å². The molecule has 4 heteroatoms. The summed E-state index contributed by atoms with van der Waals surface area (Å²) in [6, 6.07) is 20.1. The Labute approximate surface area is 136 Å². The number of carbonyl (C=O) groups is 1. The highest BCUT2D eigenvalue weighted by Gasteiger charge is 2.44. The van der Waals surface area contributed by atoms with Gasteiger partial charge in [-0.3, -0.25) is 4.90 Å². The molecule has 0 bridgehead atoms. The van der Waals surface area contributed by atoms with Crippen LogP contribution in [-0.4, -0.2) is 23.9 Å². The molecule has 1 amide bonds. The second-order valence-corrected chi connectivity index (χ2v) is 6.19. The predicted octanol–water partition coefficient (Wildman–Crippen LogP) is 1.81. The number of carbonyl (C=O) groups excluding carboxylic acids is 1. The van der Waals surface area contributed by atoms with E-state index in [1.54, 1.807) is 0 Å². The molecule has 0 saturated carbocycles. The topological polar surface area (TPSA) is 60.0 Å². The van der Waals surface area contributed by atoms with E-state index in [0.29, 0.717) is 18.3 Å². The summed E-state index contributed by atoms with van der Waals surface area (Å²) in [6.07, 6.45) is 1.39. The first kappa shape index (κ1) is 15.9. The van der Waals surface area contributed by atoms with Crippen molar-refractivity contribution in [3.05, 3.63) is 77.0 Å². The van der Waals surface area contributed by atoms with Crippen LogP contribution in [0.2, 0.25) is 0 Å². The van der Waals surface area contributed by atoms with Crippen molar-refractivity contribution in [1.82, 2.24) is 4.90 Å². The largest absolute Gasteiger partial charge is 0.628 e. The Morgan fingerprint density at radius 1 is 1.00 bits per heavy atom. The molecule has 0 aliphatic carbocycles. The Morgan fingerprint density at radius 3 is 2.13 bits per heavy atom. The van der Waals surface area contributed by atoms with Crippen LogP contribution in [0.1, 0.15) is 24.0 Å². The lowest BCUT2D eigenvalue weighted by atomic mass is 9.72. The zero-order valence-corrected chi connectivity index (χ0v) is 13.2. The van der Waals surface area contributed by atoms with Gasteiger partial charge in [0.05, 0.1) is 0 Å². The summed E-state index contributed by atoms with van der Waals surface area (Å²) in [5.41, 5.74) is 2.11. The Kier molecular flexibility index (Phi) is 4.86. The van der Waals surface area contributed by atoms with Gasteiger partial charge in [0, 0.05) is 19.6 Å². The summed E-state index contributed by atoms with van der Waals surface area (Å²) >= 11 is 0. The highest BCUT2D eigenvalue weighted by molar-refractivity contribution is 5.80. The standard InChI is InChI=1S/C19H22N2O2/c22-18(20-23)19(17-9-5-2-6-10-17)11-13-21(14-12-19)15-16-7-3-1-4-8-16/h1-10H,11-15,20H2. The molecule has 0 atom stereocenters. The van der Waals surface area contributed by atoms with Gasteiger partial charge in [-0.25, -0.2) is 4.79 Å². The maximum atomic E-state index is 12.4. The average molecular weight is 310 g/mol. The van der Waals surface area contributed by atoms with Gasteiger partial charge >= 0.3 is 5.91 Å². The number of likely N-dealkylation sites (tertiary alicyclic amines) is 1. The molecule has 2 N–H and O–H groups in total. The number of nitrogens with two attached hydrogens (primary N) is 1. The first-order valence-electron chi connectivity index (χ1n) is 8.06. The second kappa shape index (κ2) is 7.04. The van der Waals surface area contributed by atoms with E-state index in [1.807, 2.05) is 48.5 Å². The summed E-state index contributed by atoms with van der Waals surface area (Å²) in [5.74, 6) is -0.289. The van der Waals surface area contributed by atoms with E-state index in [2.05, 4.69) is 17.0 Å². The zero-order valence-electron chi connectivity index (χ0n) is 13.2. The molecule has 0 radical (unpaired) electrons. The number of benzene rings is 2. The van der Waals surface area contributed by atoms with Crippen molar-refractivity contribution in [2.45, 2.75) is 24.8 Å². The lowest BCUT2D eigenvalue weighted by Gasteiger charge is -2.39. The minimum Gasteiger partial charge on any atom is -0.628 e. The molecular formula is C19H22N2O2. The van der Waals surface area contributed by atoms with Gasteiger partial charge in [0.1, 0.15) is 5.41 Å². The smallest absolute Gasteiger partial charge is 0.321 e. The highest BCUT2D eigenvalue weighted by Crippen LogP contribution is 2.35. The minimum atomic E-state index is -0.643. The van der Waals surface area contributed by atoms with E-state index in [1.165, 1.54) is 5.56 Å². The van der Waals surface area contributed by atoms with Gasteiger partial charge in [0.15, 0.2) is 0 Å². The summed E-state index contributed by atoms with van der Waals surface area (Å²) in [5, 5.41) is 11.2. The SMILES string of the molecule is O=C([NH2+][O-])C1(c2ccccc2)CCN(Cc2ccccc2)CC1. The molecule has 1 aliphatic rings. The number of rotatable bonds is 4. The van der Waals surface area contributed by atoms with Gasteiger partial charge in [-0.2, -0.15) is 0 Å². The van der Waals surface area contributed by atoms with Crippen molar-refractivity contribution in [2.24, 2.45) is 0 Å². The number of quaternary nitrogens is 1. The summed E-state index contributed by atoms with van der Waals surface area (Å²) in [4.78, 5) is 14.7. The molecule has 23 heavy (non-hydrogen) atoms. The predicted molar refractivity (Wildman–Crippen MR) is 89.4 cm³/mol. The summed E-state index contributed by atoms with van der Waals surface area (Å²) < 4.78 is 0. The van der Waals surface area contributed by atoms with Crippen LogP contribution in [-0.2, 0) is 16.8 Å². The van der Waals surface area contributed by atoms with Gasteiger partial charge in [-0.15, -0.1) is 0 Å². The van der Waals surface area contributed by atoms with E-state index < -0.39 is 5.41 Å². The lowest BCUT2D eigenvalue weighted by molar-refractivity contribution is -0.506. The summed E-state index contributed by atoms with van der Waals surface area (Å²) in [6.45, 7) is 2.54. The number of amides is 1. The fourth-order valence-electron chi connectivity index (χ4n) is 3.48. The molecule has 0 unspecified atom stereocenters. The van der Waals surface area contributed by atoms with Crippen LogP contribution < -0.4 is 5.48 Å². The van der Waals surface area contributed by atoms with Gasteiger partial charge < -0.3 is 10.7 Å². The Bertz CT molecular complexity index is 635. The van der Waals surface area contributed by atoms with E-state index in [-0.39, 0.29) is 5.91 Å². The molecule has 1 saturated heterocycles. The van der Waals surface area contributed by atoms with E-state index in [4.69, 9.17) is 0 Å². The number of piperidine rings is 1. The Morgan fingerprint density at radius 2 is 1.57 bits per heavy atom. The van der Waals surface area contributed by atoms with Crippen molar-refractivity contribution >= 4 is 5.91 Å². The molecule has 1 aliphatic heterocycles. The molecule has 4 nitrogen and oxygen atoms in total. The van der Waals surface area contributed by atoms with Crippen LogP contribution in [0.5, 0.6) is 0 Å². The maximum Gasteiger partial charge on any atom is 0.321 e. The van der Waals surface area contributed by atoms with E-state index >= 15 is 0 Å². The van der Waals surface area contributed by atoms with Crippen molar-refractivity contribution in [2.75, 3.05) is 13.1 Å². The average Bonchev–Trinajstić information content (AvgIpc) is 2.63. The van der Waals surface area contributed by atoms with Crippen LogP contribution in [0.15, 0.2) is 60.7 Å². The molecule has 120 valence electrons. The fraction of sp³-hybridized carbons (Fsp3) is 0.316. The van der Waals surface area contributed by atoms with Crippen LogP contribution in [0.4, 0.5) is 0 Å². The quantitative estimate of drug-likeness (QED) is 0.876. The van der Waals surface area contributed by atoms with Gasteiger partial charge in [0.2, 0.25) is 0 Å². The minimum absolute atomic E-state index is 0.289. The number of hydroxylamine groups is 1. The summed E-state index contributed by atoms with van der Waals surface area (Å²) in [7, 11) is 0. The molecule has 1 fully saturated rings. The third-order valence-corrected chi connectivity index (χ3v) is 4.86. The second-order valence-electron chi connectivity index (χ2n) is 6.19. The molecule has 0 aromatic heterocycles. The molecule has 2 aromatic rings. The molecule has 1 heterocycles. The molecule has 2 aromatic carbocycles. The van der Waals surface area contributed by atoms with Crippen LogP contribution in [0.25, 0.3) is 0 Å². The lowest BCUT2D eigenvalue weighted by Crippen LogP contribution is -2.86. The van der Waals surface area contributed by atoms with Crippen molar-refractivity contribution in [1.29, 1.82) is 0 Å². The fourth-order valence-corrected chi connectivity index (χ4v) is 3.48. The van der Waals surface area contributed by atoms with Crippen molar-refractivity contribution in [3.63, 3.8) is 0 Å². The molecular weight excluding hydrogens is 288 g/mol. The Balaban J connectivity index is 1.74. The van der Waals surface area contributed by atoms with Crippen LogP contribution in [0.3, 0.4) is 0 Å². The number of nitrogens with zero attached hydrogens (tertiary/aromatic N) is 1. The molecule has 0 spiro atoms. The third-order valence-electron chi connectivity index (χ3n) is 4.86. The van der Waals surface area contributed by atoms with Gasteiger partial charge in [0.25, 0.3) is 0 Å². The first-order chi connectivity index (χ1) is 11.2. The van der Waals surface area contributed by atoms with E-state index in [0.717, 1.165) is 25.2 Å². The molecule has 3 rings (SSSR count). The monoisotopic (exact) mass is 310 g/mol. The normalized spacial score (nSPS) is 17.8. The number of hydrogen-bond donors (Lipinski definition) is 1. The number of primary amides is 1. The van der Waals surface area contributed by atoms with Crippen molar-refractivity contribution < 1.29 is 10.3 Å². The van der Waals surface area contributed by atoms with Gasteiger partial charge in [-0.1, -0.05) is 60.7 Å². The highest BCUT2D eigenvalue weighted by atomic mass is 16.5. The number of hydrogen-bond acceptors (Lipinski definition) is 3. The third kappa shape index (κ3) is 3.34. The van der Waals surface area contributed by atoms with Crippen LogP contribution >= 0.6 is 0 Å². The Hall–Kier alpha value is -2.01. The van der Waals surface area contributed by atoms with Gasteiger partial charge in [-0.05, 0) is 24.0 Å². The maximum absolute atomic E-state index is 12.4. The first-order valence-corrected chi connectivity index (χ1v) is 8.06. The zero-order chi connectivity index (χ0) is 16.1. The van der Waals surface area contributed by atoms with Crippen LogP contribution in [0, 0.1) is 5.21 Å².